The molecule has 1 fully saturated rings. The Hall–Kier alpha value is -0.760. The molecule has 0 unspecified atom stereocenters. The highest BCUT2D eigenvalue weighted by Crippen LogP contribution is 2.12. The van der Waals surface area contributed by atoms with Crippen molar-refractivity contribution in [2.45, 2.75) is 20.3 Å². The highest BCUT2D eigenvalue weighted by Gasteiger charge is 2.06. The fraction of sp³-hybridized carbons (Fsp3) is 0.556. The predicted octanol–water partition coefficient (Wildman–Crippen LogP) is 2.23. The Balaban J connectivity index is 2.54. The molecule has 0 atom stereocenters. The molecule has 1 rings (SSSR count). The second-order valence-corrected chi connectivity index (χ2v) is 2.44. The molecule has 0 amide bonds. The Morgan fingerprint density at radius 3 is 2.91 bits per heavy atom. The highest BCUT2D eigenvalue weighted by atomic mass is 16.7. The third-order valence-corrected chi connectivity index (χ3v) is 1.70. The van der Waals surface area contributed by atoms with Crippen molar-refractivity contribution < 1.29 is 9.47 Å². The summed E-state index contributed by atoms with van der Waals surface area (Å²) in [7, 11) is 0. The normalized spacial score (nSPS) is 22.4. The lowest BCUT2D eigenvalue weighted by atomic mass is 10.2. The Kier molecular flexibility index (Phi) is 3.17. The Bertz CT molecular complexity index is 172. The van der Waals surface area contributed by atoms with Crippen LogP contribution in [-0.4, -0.2) is 13.4 Å². The van der Waals surface area contributed by atoms with E-state index >= 15 is 0 Å². The molecule has 0 N–H and O–H groups in total. The lowest BCUT2D eigenvalue weighted by molar-refractivity contribution is 0.0800. The van der Waals surface area contributed by atoms with Gasteiger partial charge in [-0.05, 0) is 25.0 Å². The van der Waals surface area contributed by atoms with Gasteiger partial charge in [-0.15, -0.1) is 0 Å². The smallest absolute Gasteiger partial charge is 0.189 e. The lowest BCUT2D eigenvalue weighted by Crippen LogP contribution is -1.84. The van der Waals surface area contributed by atoms with E-state index in [4.69, 9.17) is 9.47 Å². The Morgan fingerprint density at radius 1 is 1.64 bits per heavy atom. The van der Waals surface area contributed by atoms with Gasteiger partial charge in [-0.2, -0.15) is 0 Å². The van der Waals surface area contributed by atoms with Gasteiger partial charge in [-0.1, -0.05) is 13.0 Å². The third-order valence-electron chi connectivity index (χ3n) is 1.70. The third kappa shape index (κ3) is 2.39. The molecule has 0 saturated carbocycles. The van der Waals surface area contributed by atoms with Crippen LogP contribution in [0.2, 0.25) is 0 Å². The molecule has 0 bridgehead atoms. The van der Waals surface area contributed by atoms with Gasteiger partial charge < -0.3 is 9.47 Å². The zero-order chi connectivity index (χ0) is 8.10. The zero-order valence-electron chi connectivity index (χ0n) is 7.09. The molecule has 0 aromatic rings. The van der Waals surface area contributed by atoms with Gasteiger partial charge in [0.25, 0.3) is 0 Å². The first kappa shape index (κ1) is 8.34. The summed E-state index contributed by atoms with van der Waals surface area (Å²) in [6.07, 6.45) is 5.19. The summed E-state index contributed by atoms with van der Waals surface area (Å²) < 4.78 is 10.2. The van der Waals surface area contributed by atoms with E-state index in [1.807, 2.05) is 13.0 Å². The molecule has 2 heteroatoms. The van der Waals surface area contributed by atoms with Gasteiger partial charge in [0.05, 0.1) is 0 Å². The molecule has 0 aromatic heterocycles. The van der Waals surface area contributed by atoms with Crippen LogP contribution in [-0.2, 0) is 9.47 Å². The van der Waals surface area contributed by atoms with E-state index in [-0.39, 0.29) is 0 Å². The Labute approximate surface area is 67.5 Å². The summed E-state index contributed by atoms with van der Waals surface area (Å²) in [6, 6.07) is 0. The van der Waals surface area contributed by atoms with E-state index in [9.17, 15) is 0 Å². The molecule has 0 aromatic carbocycles. The topological polar surface area (TPSA) is 18.5 Å². The van der Waals surface area contributed by atoms with Crippen LogP contribution >= 0.6 is 0 Å². The summed E-state index contributed by atoms with van der Waals surface area (Å²) in [5.41, 5.74) is 1.30. The maximum atomic E-state index is 5.19. The SMILES string of the molecule is C/C=C(\C=C1/COCO1)CC. The number of allylic oxidation sites excluding steroid dienone is 3. The quantitative estimate of drug-likeness (QED) is 0.607. The van der Waals surface area contributed by atoms with E-state index < -0.39 is 0 Å². The number of hydrogen-bond acceptors (Lipinski definition) is 2. The van der Waals surface area contributed by atoms with Crippen LogP contribution in [0.5, 0.6) is 0 Å². The summed E-state index contributed by atoms with van der Waals surface area (Å²) in [6.45, 7) is 5.19. The molecule has 62 valence electrons. The van der Waals surface area contributed by atoms with E-state index in [0.717, 1.165) is 12.2 Å². The minimum absolute atomic E-state index is 0.409. The second kappa shape index (κ2) is 4.19. The minimum atomic E-state index is 0.409. The molecular weight excluding hydrogens is 140 g/mol. The van der Waals surface area contributed by atoms with E-state index in [1.165, 1.54) is 5.57 Å². The minimum Gasteiger partial charge on any atom is -0.469 e. The monoisotopic (exact) mass is 154 g/mol. The lowest BCUT2D eigenvalue weighted by Gasteiger charge is -1.97. The molecular formula is C9H14O2. The van der Waals surface area contributed by atoms with Crippen LogP contribution in [0.3, 0.4) is 0 Å². The first-order chi connectivity index (χ1) is 5.36. The van der Waals surface area contributed by atoms with E-state index in [0.29, 0.717) is 13.4 Å². The number of ether oxygens (including phenoxy) is 2. The molecule has 0 spiro atoms. The van der Waals surface area contributed by atoms with Gasteiger partial charge in [0.1, 0.15) is 12.4 Å². The van der Waals surface area contributed by atoms with Crippen LogP contribution in [0.25, 0.3) is 0 Å². The van der Waals surface area contributed by atoms with E-state index in [2.05, 4.69) is 13.0 Å². The van der Waals surface area contributed by atoms with Crippen molar-refractivity contribution in [3.8, 4) is 0 Å². The highest BCUT2D eigenvalue weighted by molar-refractivity contribution is 5.20. The van der Waals surface area contributed by atoms with Crippen molar-refractivity contribution >= 4 is 0 Å². The number of hydrogen-bond donors (Lipinski definition) is 0. The van der Waals surface area contributed by atoms with Crippen molar-refractivity contribution in [2.24, 2.45) is 0 Å². The van der Waals surface area contributed by atoms with Crippen molar-refractivity contribution in [1.29, 1.82) is 0 Å². The van der Waals surface area contributed by atoms with Gasteiger partial charge in [-0.3, -0.25) is 0 Å². The molecule has 1 aliphatic rings. The molecule has 0 radical (unpaired) electrons. The standard InChI is InChI=1S/C9H14O2/c1-3-8(4-2)5-9-6-10-7-11-9/h3,5H,4,6-7H2,1-2H3/b8-3-,9-5+. The van der Waals surface area contributed by atoms with Crippen molar-refractivity contribution in [3.63, 3.8) is 0 Å². The summed E-state index contributed by atoms with van der Waals surface area (Å²) in [5, 5.41) is 0. The summed E-state index contributed by atoms with van der Waals surface area (Å²) >= 11 is 0. The molecule has 1 heterocycles. The first-order valence-corrected chi connectivity index (χ1v) is 3.93. The summed E-state index contributed by atoms with van der Waals surface area (Å²) in [5.74, 6) is 0.944. The van der Waals surface area contributed by atoms with E-state index in [1.54, 1.807) is 0 Å². The van der Waals surface area contributed by atoms with Gasteiger partial charge in [0.2, 0.25) is 0 Å². The van der Waals surface area contributed by atoms with Gasteiger partial charge in [-0.25, -0.2) is 0 Å². The Morgan fingerprint density at radius 2 is 2.45 bits per heavy atom. The predicted molar refractivity (Wildman–Crippen MR) is 44.0 cm³/mol. The number of rotatable bonds is 2. The van der Waals surface area contributed by atoms with Crippen molar-refractivity contribution in [2.75, 3.05) is 13.4 Å². The van der Waals surface area contributed by atoms with Crippen molar-refractivity contribution in [3.05, 3.63) is 23.5 Å². The second-order valence-electron chi connectivity index (χ2n) is 2.44. The van der Waals surface area contributed by atoms with Crippen LogP contribution in [0, 0.1) is 0 Å². The van der Waals surface area contributed by atoms with Crippen LogP contribution in [0.1, 0.15) is 20.3 Å². The maximum absolute atomic E-state index is 5.19. The molecule has 0 aliphatic carbocycles. The molecule has 1 aliphatic heterocycles. The molecule has 11 heavy (non-hydrogen) atoms. The van der Waals surface area contributed by atoms with Crippen molar-refractivity contribution in [1.82, 2.24) is 0 Å². The van der Waals surface area contributed by atoms with Crippen LogP contribution < -0.4 is 0 Å². The summed E-state index contributed by atoms with van der Waals surface area (Å²) in [4.78, 5) is 0. The van der Waals surface area contributed by atoms with Crippen LogP contribution in [0.4, 0.5) is 0 Å². The largest absolute Gasteiger partial charge is 0.469 e. The fourth-order valence-electron chi connectivity index (χ4n) is 0.981. The fourth-order valence-corrected chi connectivity index (χ4v) is 0.981. The first-order valence-electron chi connectivity index (χ1n) is 3.93. The van der Waals surface area contributed by atoms with Gasteiger partial charge in [0, 0.05) is 0 Å². The zero-order valence-corrected chi connectivity index (χ0v) is 7.09. The average Bonchev–Trinajstić information content (AvgIpc) is 2.52. The van der Waals surface area contributed by atoms with Crippen LogP contribution in [0.15, 0.2) is 23.5 Å². The van der Waals surface area contributed by atoms with Gasteiger partial charge in [0.15, 0.2) is 6.79 Å². The average molecular weight is 154 g/mol. The molecule has 1 saturated heterocycles. The maximum Gasteiger partial charge on any atom is 0.189 e. The van der Waals surface area contributed by atoms with Gasteiger partial charge >= 0.3 is 0 Å². The molecule has 2 nitrogen and oxygen atoms in total.